The van der Waals surface area contributed by atoms with Crippen LogP contribution in [0, 0.1) is 7.14 Å². The summed E-state index contributed by atoms with van der Waals surface area (Å²) in [4.78, 5) is 10.9. The number of rotatable bonds is 5. The largest absolute Gasteiger partial charge is 0.495 e. The molecule has 0 aliphatic carbocycles. The van der Waals surface area contributed by atoms with Crippen molar-refractivity contribution in [2.45, 2.75) is 19.4 Å². The average molecular weight is 462 g/mol. The standard InChI is InChI=1S/C11H12I2O4/c1-3-9(11(14)15)17-6-4-7(12)10(16-2)8(13)5-6/h4-5,9H,3H2,1-2H3,(H,14,15). The van der Waals surface area contributed by atoms with Gasteiger partial charge in [0.15, 0.2) is 6.10 Å². The Bertz CT molecular complexity index is 397. The minimum Gasteiger partial charge on any atom is -0.495 e. The third-order valence-corrected chi connectivity index (χ3v) is 3.70. The minimum absolute atomic E-state index is 0.425. The summed E-state index contributed by atoms with van der Waals surface area (Å²) in [7, 11) is 1.60. The quantitative estimate of drug-likeness (QED) is 0.684. The van der Waals surface area contributed by atoms with E-state index in [4.69, 9.17) is 14.6 Å². The van der Waals surface area contributed by atoms with Crippen LogP contribution in [0.5, 0.6) is 11.5 Å². The number of carbonyl (C=O) groups is 1. The van der Waals surface area contributed by atoms with Crippen LogP contribution in [-0.2, 0) is 4.79 Å². The van der Waals surface area contributed by atoms with Gasteiger partial charge in [-0.25, -0.2) is 4.79 Å². The molecule has 0 amide bonds. The first-order valence-corrected chi connectivity index (χ1v) is 7.07. The van der Waals surface area contributed by atoms with E-state index < -0.39 is 12.1 Å². The average Bonchev–Trinajstić information content (AvgIpc) is 2.25. The van der Waals surface area contributed by atoms with Crippen molar-refractivity contribution < 1.29 is 19.4 Å². The van der Waals surface area contributed by atoms with Gasteiger partial charge >= 0.3 is 5.97 Å². The molecule has 4 nitrogen and oxygen atoms in total. The molecule has 17 heavy (non-hydrogen) atoms. The van der Waals surface area contributed by atoms with E-state index in [0.29, 0.717) is 12.2 Å². The minimum atomic E-state index is -0.951. The summed E-state index contributed by atoms with van der Waals surface area (Å²) in [5.74, 6) is 0.379. The predicted molar refractivity (Wildman–Crippen MR) is 80.8 cm³/mol. The first-order valence-electron chi connectivity index (χ1n) is 4.92. The number of carboxylic acids is 1. The normalized spacial score (nSPS) is 12.0. The lowest BCUT2D eigenvalue weighted by Crippen LogP contribution is -2.26. The van der Waals surface area contributed by atoms with E-state index in [1.54, 1.807) is 26.2 Å². The van der Waals surface area contributed by atoms with Gasteiger partial charge in [-0.1, -0.05) is 6.92 Å². The number of halogens is 2. The van der Waals surface area contributed by atoms with Crippen LogP contribution < -0.4 is 9.47 Å². The van der Waals surface area contributed by atoms with E-state index in [9.17, 15) is 4.79 Å². The lowest BCUT2D eigenvalue weighted by Gasteiger charge is -2.15. The van der Waals surface area contributed by atoms with Crippen LogP contribution in [0.4, 0.5) is 0 Å². The highest BCUT2D eigenvalue weighted by Gasteiger charge is 2.18. The van der Waals surface area contributed by atoms with Gasteiger partial charge in [0.05, 0.1) is 14.3 Å². The molecule has 1 atom stereocenters. The Hall–Kier alpha value is -0.250. The van der Waals surface area contributed by atoms with Crippen molar-refractivity contribution >= 4 is 51.2 Å². The van der Waals surface area contributed by atoms with Crippen LogP contribution in [-0.4, -0.2) is 24.3 Å². The molecule has 0 saturated carbocycles. The molecule has 0 aromatic heterocycles. The maximum absolute atomic E-state index is 10.9. The van der Waals surface area contributed by atoms with E-state index in [-0.39, 0.29) is 0 Å². The molecule has 94 valence electrons. The van der Waals surface area contributed by atoms with Crippen LogP contribution in [0.1, 0.15) is 13.3 Å². The van der Waals surface area contributed by atoms with Crippen molar-refractivity contribution in [1.29, 1.82) is 0 Å². The molecule has 0 bridgehead atoms. The van der Waals surface area contributed by atoms with Gasteiger partial charge in [-0.15, -0.1) is 0 Å². The Morgan fingerprint density at radius 1 is 1.41 bits per heavy atom. The first kappa shape index (κ1) is 14.8. The second-order valence-electron chi connectivity index (χ2n) is 3.27. The first-order chi connectivity index (χ1) is 7.99. The number of carboxylic acid groups (broad SMARTS) is 1. The van der Waals surface area contributed by atoms with Gasteiger partial charge in [0.2, 0.25) is 0 Å². The van der Waals surface area contributed by atoms with Crippen LogP contribution in [0.2, 0.25) is 0 Å². The van der Waals surface area contributed by atoms with Crippen molar-refractivity contribution in [1.82, 2.24) is 0 Å². The summed E-state index contributed by atoms with van der Waals surface area (Å²) < 4.78 is 12.4. The fourth-order valence-electron chi connectivity index (χ4n) is 1.27. The third kappa shape index (κ3) is 3.87. The smallest absolute Gasteiger partial charge is 0.344 e. The van der Waals surface area contributed by atoms with E-state index >= 15 is 0 Å². The lowest BCUT2D eigenvalue weighted by atomic mass is 10.2. The molecule has 6 heteroatoms. The highest BCUT2D eigenvalue weighted by molar-refractivity contribution is 14.1. The molecule has 1 aromatic carbocycles. The Kier molecular flexibility index (Phi) is 5.77. The number of hydrogen-bond donors (Lipinski definition) is 1. The molecular weight excluding hydrogens is 450 g/mol. The predicted octanol–water partition coefficient (Wildman–Crippen LogP) is 3.15. The summed E-state index contributed by atoms with van der Waals surface area (Å²) in [6, 6.07) is 3.54. The van der Waals surface area contributed by atoms with Crippen LogP contribution in [0.25, 0.3) is 0 Å². The van der Waals surface area contributed by atoms with Gasteiger partial charge < -0.3 is 14.6 Å². The lowest BCUT2D eigenvalue weighted by molar-refractivity contribution is -0.145. The SMILES string of the molecule is CCC(Oc1cc(I)c(OC)c(I)c1)C(=O)O. The van der Waals surface area contributed by atoms with Crippen molar-refractivity contribution in [3.8, 4) is 11.5 Å². The second-order valence-corrected chi connectivity index (χ2v) is 5.60. The number of methoxy groups -OCH3 is 1. The summed E-state index contributed by atoms with van der Waals surface area (Å²) in [6.07, 6.45) is -0.385. The molecule has 0 fully saturated rings. The summed E-state index contributed by atoms with van der Waals surface area (Å²) in [5, 5.41) is 8.92. The molecule has 1 unspecified atom stereocenters. The molecule has 1 N–H and O–H groups in total. The van der Waals surface area contributed by atoms with E-state index in [0.717, 1.165) is 12.9 Å². The molecular formula is C11H12I2O4. The van der Waals surface area contributed by atoms with Gasteiger partial charge in [0.25, 0.3) is 0 Å². The van der Waals surface area contributed by atoms with Crippen molar-refractivity contribution in [2.24, 2.45) is 0 Å². The number of aliphatic carboxylic acids is 1. The van der Waals surface area contributed by atoms with Crippen LogP contribution >= 0.6 is 45.2 Å². The maximum Gasteiger partial charge on any atom is 0.344 e. The number of ether oxygens (including phenoxy) is 2. The second kappa shape index (κ2) is 6.62. The number of hydrogen-bond acceptors (Lipinski definition) is 3. The maximum atomic E-state index is 10.9. The molecule has 1 aromatic rings. The topological polar surface area (TPSA) is 55.8 Å². The van der Waals surface area contributed by atoms with Crippen molar-refractivity contribution in [2.75, 3.05) is 7.11 Å². The highest BCUT2D eigenvalue weighted by Crippen LogP contribution is 2.32. The molecule has 0 radical (unpaired) electrons. The highest BCUT2D eigenvalue weighted by atomic mass is 127. The van der Waals surface area contributed by atoms with Crippen LogP contribution in [0.3, 0.4) is 0 Å². The van der Waals surface area contributed by atoms with E-state index in [1.807, 2.05) is 0 Å². The molecule has 0 spiro atoms. The number of benzene rings is 1. The van der Waals surface area contributed by atoms with Gasteiger partial charge in [-0.2, -0.15) is 0 Å². The fraction of sp³-hybridized carbons (Fsp3) is 0.364. The third-order valence-electron chi connectivity index (χ3n) is 2.10. The molecule has 0 heterocycles. The zero-order valence-corrected chi connectivity index (χ0v) is 13.7. The zero-order valence-electron chi connectivity index (χ0n) is 9.37. The van der Waals surface area contributed by atoms with Gasteiger partial charge in [0.1, 0.15) is 11.5 Å². The van der Waals surface area contributed by atoms with Gasteiger partial charge in [-0.05, 0) is 63.7 Å². The zero-order chi connectivity index (χ0) is 13.0. The summed E-state index contributed by atoms with van der Waals surface area (Å²) >= 11 is 4.26. The Labute approximate surface area is 127 Å². The van der Waals surface area contributed by atoms with E-state index in [2.05, 4.69) is 45.2 Å². The Morgan fingerprint density at radius 2 is 1.94 bits per heavy atom. The van der Waals surface area contributed by atoms with Gasteiger partial charge in [0, 0.05) is 0 Å². The van der Waals surface area contributed by atoms with Crippen molar-refractivity contribution in [3.63, 3.8) is 0 Å². The monoisotopic (exact) mass is 462 g/mol. The van der Waals surface area contributed by atoms with Gasteiger partial charge in [-0.3, -0.25) is 0 Å². The molecule has 0 saturated heterocycles. The van der Waals surface area contributed by atoms with Crippen molar-refractivity contribution in [3.05, 3.63) is 19.3 Å². The molecule has 1 rings (SSSR count). The Balaban J connectivity index is 2.97. The van der Waals surface area contributed by atoms with Crippen LogP contribution in [0.15, 0.2) is 12.1 Å². The summed E-state index contributed by atoms with van der Waals surface area (Å²) in [5.41, 5.74) is 0. The van der Waals surface area contributed by atoms with E-state index in [1.165, 1.54) is 0 Å². The Morgan fingerprint density at radius 3 is 2.29 bits per heavy atom. The molecule has 0 aliphatic rings. The summed E-state index contributed by atoms with van der Waals surface area (Å²) in [6.45, 7) is 1.78. The molecule has 0 aliphatic heterocycles. The fourth-order valence-corrected chi connectivity index (χ4v) is 3.42.